The van der Waals surface area contributed by atoms with E-state index in [4.69, 9.17) is 11.6 Å². The highest BCUT2D eigenvalue weighted by Crippen LogP contribution is 2.10. The van der Waals surface area contributed by atoms with E-state index in [1.165, 1.54) is 16.3 Å². The summed E-state index contributed by atoms with van der Waals surface area (Å²) < 4.78 is 0. The molecule has 0 bridgehead atoms. The second-order valence-corrected chi connectivity index (χ2v) is 11.7. The predicted octanol–water partition coefficient (Wildman–Crippen LogP) is 4.18. The lowest BCUT2D eigenvalue weighted by Crippen LogP contribution is -2.37. The maximum Gasteiger partial charge on any atom is 0.0775 e. The Balaban J connectivity index is 1.88. The minimum absolute atomic E-state index is 0.795. The third kappa shape index (κ3) is 4.48. The van der Waals surface area contributed by atoms with Gasteiger partial charge in [0.05, 0.1) is 8.07 Å². The van der Waals surface area contributed by atoms with Crippen LogP contribution in [0.1, 0.15) is 11.1 Å². The van der Waals surface area contributed by atoms with Gasteiger partial charge in [0.15, 0.2) is 0 Å². The first-order valence-electron chi connectivity index (χ1n) is 7.00. The van der Waals surface area contributed by atoms with Crippen molar-refractivity contribution in [3.8, 4) is 0 Å². The van der Waals surface area contributed by atoms with Gasteiger partial charge in [-0.3, -0.25) is 0 Å². The maximum atomic E-state index is 5.98. The van der Waals surface area contributed by atoms with Gasteiger partial charge in [-0.15, -0.1) is 0 Å². The lowest BCUT2D eigenvalue weighted by molar-refractivity contribution is 0.693. The van der Waals surface area contributed by atoms with Crippen molar-refractivity contribution in [3.63, 3.8) is 0 Å². The Morgan fingerprint density at radius 2 is 1.55 bits per heavy atom. The van der Waals surface area contributed by atoms with Gasteiger partial charge in [-0.25, -0.2) is 0 Å². The number of benzene rings is 2. The van der Waals surface area contributed by atoms with Crippen LogP contribution in [0, 0.1) is 0 Å². The molecule has 106 valence electrons. The second-order valence-electron chi connectivity index (χ2n) is 6.18. The van der Waals surface area contributed by atoms with Gasteiger partial charge in [0.2, 0.25) is 0 Å². The SMILES string of the molecule is C[Si](C)(C)c1ccc(CNCc2cccc(Cl)c2)cc1. The van der Waals surface area contributed by atoms with Gasteiger partial charge < -0.3 is 5.32 Å². The fourth-order valence-corrected chi connectivity index (χ4v) is 3.50. The van der Waals surface area contributed by atoms with Crippen molar-refractivity contribution in [1.29, 1.82) is 0 Å². The molecule has 0 aliphatic rings. The predicted molar refractivity (Wildman–Crippen MR) is 91.4 cm³/mol. The lowest BCUT2D eigenvalue weighted by Gasteiger charge is -2.16. The average Bonchev–Trinajstić information content (AvgIpc) is 2.38. The largest absolute Gasteiger partial charge is 0.309 e. The van der Waals surface area contributed by atoms with E-state index in [1.54, 1.807) is 0 Å². The topological polar surface area (TPSA) is 12.0 Å². The summed E-state index contributed by atoms with van der Waals surface area (Å²) in [5.74, 6) is 0. The summed E-state index contributed by atoms with van der Waals surface area (Å²) in [7, 11) is -1.18. The summed E-state index contributed by atoms with van der Waals surface area (Å²) in [6.45, 7) is 8.85. The summed E-state index contributed by atoms with van der Waals surface area (Å²) in [6.07, 6.45) is 0. The third-order valence-electron chi connectivity index (χ3n) is 3.37. The standard InChI is InChI=1S/C17H22ClNSi/c1-20(2,3)17-9-7-14(8-10-17)12-19-13-15-5-4-6-16(18)11-15/h4-11,19H,12-13H2,1-3H3. The Morgan fingerprint density at radius 1 is 0.900 bits per heavy atom. The molecule has 1 N–H and O–H groups in total. The van der Waals surface area contributed by atoms with Crippen LogP contribution in [0.2, 0.25) is 24.7 Å². The second kappa shape index (κ2) is 6.57. The van der Waals surface area contributed by atoms with Gasteiger partial charge in [0.1, 0.15) is 0 Å². The van der Waals surface area contributed by atoms with Crippen LogP contribution >= 0.6 is 11.6 Å². The molecule has 0 fully saturated rings. The van der Waals surface area contributed by atoms with Crippen LogP contribution < -0.4 is 10.5 Å². The Hall–Kier alpha value is -1.09. The number of hydrogen-bond donors (Lipinski definition) is 1. The highest BCUT2D eigenvalue weighted by atomic mass is 35.5. The smallest absolute Gasteiger partial charge is 0.0775 e. The Morgan fingerprint density at radius 3 is 2.15 bits per heavy atom. The molecule has 3 heteroatoms. The molecule has 2 aromatic rings. The fraction of sp³-hybridized carbons (Fsp3) is 0.294. The molecule has 0 aliphatic heterocycles. The van der Waals surface area contributed by atoms with Crippen molar-refractivity contribution in [2.24, 2.45) is 0 Å². The van der Waals surface area contributed by atoms with Gasteiger partial charge in [-0.2, -0.15) is 0 Å². The molecular formula is C17H22ClNSi. The van der Waals surface area contributed by atoms with E-state index in [1.807, 2.05) is 18.2 Å². The summed E-state index contributed by atoms with van der Waals surface area (Å²) in [5, 5.41) is 5.76. The molecule has 0 atom stereocenters. The van der Waals surface area contributed by atoms with Crippen molar-refractivity contribution >= 4 is 24.9 Å². The van der Waals surface area contributed by atoms with Crippen LogP contribution in [0.15, 0.2) is 48.5 Å². The molecule has 0 saturated heterocycles. The fourth-order valence-electron chi connectivity index (χ4n) is 2.12. The zero-order valence-electron chi connectivity index (χ0n) is 12.4. The molecule has 2 aromatic carbocycles. The van der Waals surface area contributed by atoms with Gasteiger partial charge in [0, 0.05) is 18.1 Å². The van der Waals surface area contributed by atoms with Gasteiger partial charge >= 0.3 is 0 Å². The van der Waals surface area contributed by atoms with Crippen LogP contribution in [0.3, 0.4) is 0 Å². The zero-order valence-corrected chi connectivity index (χ0v) is 14.2. The van der Waals surface area contributed by atoms with Crippen LogP contribution in [0.5, 0.6) is 0 Å². The summed E-state index contributed by atoms with van der Waals surface area (Å²) in [5.41, 5.74) is 2.55. The monoisotopic (exact) mass is 303 g/mol. The highest BCUT2D eigenvalue weighted by Gasteiger charge is 2.15. The number of hydrogen-bond acceptors (Lipinski definition) is 1. The van der Waals surface area contributed by atoms with E-state index in [9.17, 15) is 0 Å². The van der Waals surface area contributed by atoms with Gasteiger partial charge in [-0.1, -0.05) is 72.8 Å². The normalized spacial score (nSPS) is 11.6. The Bertz CT molecular complexity index is 558. The van der Waals surface area contributed by atoms with Crippen molar-refractivity contribution in [3.05, 3.63) is 64.7 Å². The highest BCUT2D eigenvalue weighted by molar-refractivity contribution is 6.88. The van der Waals surface area contributed by atoms with Crippen molar-refractivity contribution in [1.82, 2.24) is 5.32 Å². The summed E-state index contributed by atoms with van der Waals surface area (Å²) in [6, 6.07) is 17.0. The Kier molecular flexibility index (Phi) is 5.03. The molecule has 1 nitrogen and oxygen atoms in total. The van der Waals surface area contributed by atoms with E-state index in [2.05, 4.69) is 55.3 Å². The van der Waals surface area contributed by atoms with Crippen molar-refractivity contribution in [2.75, 3.05) is 0 Å². The number of halogens is 1. The molecular weight excluding hydrogens is 282 g/mol. The van der Waals surface area contributed by atoms with Gasteiger partial charge in [0.25, 0.3) is 0 Å². The van der Waals surface area contributed by atoms with E-state index in [0.29, 0.717) is 0 Å². The average molecular weight is 304 g/mol. The zero-order chi connectivity index (χ0) is 14.6. The quantitative estimate of drug-likeness (QED) is 0.817. The third-order valence-corrected chi connectivity index (χ3v) is 5.67. The van der Waals surface area contributed by atoms with Crippen LogP contribution in [-0.2, 0) is 13.1 Å². The Labute approximate surface area is 128 Å². The molecule has 0 amide bonds. The van der Waals surface area contributed by atoms with Crippen molar-refractivity contribution < 1.29 is 0 Å². The van der Waals surface area contributed by atoms with E-state index in [-0.39, 0.29) is 0 Å². The lowest BCUT2D eigenvalue weighted by atomic mass is 10.2. The van der Waals surface area contributed by atoms with E-state index >= 15 is 0 Å². The molecule has 0 radical (unpaired) electrons. The molecule has 0 spiro atoms. The summed E-state index contributed by atoms with van der Waals surface area (Å²) in [4.78, 5) is 0. The molecule has 0 saturated carbocycles. The van der Waals surface area contributed by atoms with Gasteiger partial charge in [-0.05, 0) is 23.3 Å². The van der Waals surface area contributed by atoms with Crippen LogP contribution in [-0.4, -0.2) is 8.07 Å². The molecule has 0 heterocycles. The first-order valence-corrected chi connectivity index (χ1v) is 10.9. The molecule has 0 aliphatic carbocycles. The molecule has 2 rings (SSSR count). The summed E-state index contributed by atoms with van der Waals surface area (Å²) >= 11 is 5.98. The van der Waals surface area contributed by atoms with Crippen LogP contribution in [0.4, 0.5) is 0 Å². The minimum Gasteiger partial charge on any atom is -0.309 e. The number of rotatable bonds is 5. The first kappa shape index (κ1) is 15.3. The molecule has 20 heavy (non-hydrogen) atoms. The van der Waals surface area contributed by atoms with E-state index in [0.717, 1.165) is 18.1 Å². The van der Waals surface area contributed by atoms with E-state index < -0.39 is 8.07 Å². The maximum absolute atomic E-state index is 5.98. The first-order chi connectivity index (χ1) is 9.45. The minimum atomic E-state index is -1.18. The molecule has 0 aromatic heterocycles. The number of nitrogens with one attached hydrogen (secondary N) is 1. The molecule has 0 unspecified atom stereocenters. The van der Waals surface area contributed by atoms with Crippen LogP contribution in [0.25, 0.3) is 0 Å². The van der Waals surface area contributed by atoms with Crippen molar-refractivity contribution in [2.45, 2.75) is 32.7 Å².